The van der Waals surface area contributed by atoms with Gasteiger partial charge in [0, 0.05) is 65.0 Å². The minimum absolute atomic E-state index is 0.0118. The van der Waals surface area contributed by atoms with Crippen LogP contribution in [-0.2, 0) is 9.53 Å². The molecule has 0 bridgehead atoms. The van der Waals surface area contributed by atoms with Gasteiger partial charge in [-0.15, -0.1) is 0 Å². The molecular formula is C31H45N3O6. The van der Waals surface area contributed by atoms with Crippen LogP contribution in [0.5, 0.6) is 11.5 Å². The van der Waals surface area contributed by atoms with E-state index in [1.54, 1.807) is 44.4 Å². The third-order valence-corrected chi connectivity index (χ3v) is 7.44. The van der Waals surface area contributed by atoms with E-state index in [-0.39, 0.29) is 36.1 Å². The number of nitrogens with zero attached hydrogens (tertiary/aromatic N) is 2. The minimum atomic E-state index is -0.832. The van der Waals surface area contributed by atoms with E-state index in [0.717, 1.165) is 25.1 Å². The maximum absolute atomic E-state index is 13.7. The largest absolute Gasteiger partial charge is 0.493 e. The number of hydrogen-bond donors (Lipinski definition) is 2. The fourth-order valence-electron chi connectivity index (χ4n) is 5.04. The Labute approximate surface area is 238 Å². The van der Waals surface area contributed by atoms with E-state index in [1.165, 1.54) is 0 Å². The zero-order valence-electron chi connectivity index (χ0n) is 24.5. The fourth-order valence-corrected chi connectivity index (χ4v) is 5.04. The van der Waals surface area contributed by atoms with E-state index >= 15 is 0 Å². The van der Waals surface area contributed by atoms with Gasteiger partial charge in [-0.05, 0) is 49.4 Å². The van der Waals surface area contributed by atoms with Crippen LogP contribution in [0, 0.1) is 11.8 Å². The minimum Gasteiger partial charge on any atom is -0.493 e. The van der Waals surface area contributed by atoms with Crippen molar-refractivity contribution < 1.29 is 28.9 Å². The SMILES string of the molecule is COCCCOc1cc(C(=O)N(C[C@@H]2CNC[C@H]2CN(C)C(=O)C[C@H](O)c2ccccc2)C(C)C)ccc1OC. The van der Waals surface area contributed by atoms with Crippen molar-refractivity contribution >= 4 is 11.8 Å². The van der Waals surface area contributed by atoms with Gasteiger partial charge in [0.2, 0.25) is 5.91 Å². The van der Waals surface area contributed by atoms with Gasteiger partial charge in [0.1, 0.15) is 0 Å². The van der Waals surface area contributed by atoms with Crippen LogP contribution in [0.25, 0.3) is 0 Å². The van der Waals surface area contributed by atoms with Gasteiger partial charge in [-0.1, -0.05) is 30.3 Å². The number of aliphatic hydroxyl groups is 1. The van der Waals surface area contributed by atoms with Gasteiger partial charge < -0.3 is 34.4 Å². The molecule has 9 nitrogen and oxygen atoms in total. The van der Waals surface area contributed by atoms with Crippen molar-refractivity contribution in [2.45, 2.75) is 38.8 Å². The number of nitrogens with one attached hydrogen (secondary N) is 1. The maximum Gasteiger partial charge on any atom is 0.254 e. The molecule has 2 N–H and O–H groups in total. The lowest BCUT2D eigenvalue weighted by molar-refractivity contribution is -0.132. The van der Waals surface area contributed by atoms with E-state index in [0.29, 0.717) is 43.4 Å². The summed E-state index contributed by atoms with van der Waals surface area (Å²) in [6.45, 7) is 7.74. The maximum atomic E-state index is 13.7. The summed E-state index contributed by atoms with van der Waals surface area (Å²) in [6, 6.07) is 14.5. The zero-order valence-corrected chi connectivity index (χ0v) is 24.5. The third kappa shape index (κ3) is 8.68. The van der Waals surface area contributed by atoms with E-state index in [1.807, 2.05) is 49.1 Å². The van der Waals surface area contributed by atoms with E-state index < -0.39 is 6.10 Å². The second-order valence-electron chi connectivity index (χ2n) is 10.7. The Bertz CT molecular complexity index is 1080. The highest BCUT2D eigenvalue weighted by Gasteiger charge is 2.33. The standard InChI is InChI=1S/C31H45N3O6/c1-22(2)34(31(37)24-12-13-28(39-5)29(16-24)40-15-9-14-38-4)21-26-19-32-18-25(26)20-33(3)30(36)17-27(35)23-10-7-6-8-11-23/h6-8,10-13,16,22,25-27,32,35H,9,14-15,17-21H2,1-5H3/t25-,26-,27-/m0/s1. The van der Waals surface area contributed by atoms with Crippen molar-refractivity contribution in [1.29, 1.82) is 0 Å². The van der Waals surface area contributed by atoms with Crippen LogP contribution < -0.4 is 14.8 Å². The summed E-state index contributed by atoms with van der Waals surface area (Å²) in [5.41, 5.74) is 1.28. The molecule has 2 aromatic rings. The quantitative estimate of drug-likeness (QED) is 0.325. The second-order valence-corrected chi connectivity index (χ2v) is 10.7. The predicted octanol–water partition coefficient (Wildman–Crippen LogP) is 3.38. The molecule has 0 aromatic heterocycles. The lowest BCUT2D eigenvalue weighted by atomic mass is 9.93. The molecule has 0 radical (unpaired) electrons. The number of carbonyl (C=O) groups is 2. The summed E-state index contributed by atoms with van der Waals surface area (Å²) in [5.74, 6) is 1.31. The third-order valence-electron chi connectivity index (χ3n) is 7.44. The highest BCUT2D eigenvalue weighted by Crippen LogP contribution is 2.30. The van der Waals surface area contributed by atoms with Crippen LogP contribution in [0.15, 0.2) is 48.5 Å². The molecule has 40 heavy (non-hydrogen) atoms. The van der Waals surface area contributed by atoms with Crippen LogP contribution in [0.3, 0.4) is 0 Å². The molecular weight excluding hydrogens is 510 g/mol. The predicted molar refractivity (Wildman–Crippen MR) is 155 cm³/mol. The molecule has 1 aliphatic heterocycles. The number of aliphatic hydroxyl groups excluding tert-OH is 1. The van der Waals surface area contributed by atoms with Gasteiger partial charge in [-0.25, -0.2) is 0 Å². The van der Waals surface area contributed by atoms with Crippen molar-refractivity contribution in [1.82, 2.24) is 15.1 Å². The van der Waals surface area contributed by atoms with Gasteiger partial charge in [-0.3, -0.25) is 9.59 Å². The van der Waals surface area contributed by atoms with Crippen LogP contribution in [0.1, 0.15) is 48.7 Å². The molecule has 3 atom stereocenters. The van der Waals surface area contributed by atoms with Crippen LogP contribution in [0.4, 0.5) is 0 Å². The van der Waals surface area contributed by atoms with Crippen LogP contribution in [0.2, 0.25) is 0 Å². The Morgan fingerprint density at radius 1 is 1.00 bits per heavy atom. The van der Waals surface area contributed by atoms with E-state index in [9.17, 15) is 14.7 Å². The molecule has 3 rings (SSSR count). The summed E-state index contributed by atoms with van der Waals surface area (Å²) in [5, 5.41) is 13.9. The van der Waals surface area contributed by atoms with E-state index in [4.69, 9.17) is 14.2 Å². The monoisotopic (exact) mass is 555 g/mol. The normalized spacial score (nSPS) is 17.5. The molecule has 0 spiro atoms. The highest BCUT2D eigenvalue weighted by molar-refractivity contribution is 5.95. The number of hydrogen-bond acceptors (Lipinski definition) is 7. The molecule has 1 aliphatic rings. The van der Waals surface area contributed by atoms with Crippen molar-refractivity contribution in [3.63, 3.8) is 0 Å². The Hall–Kier alpha value is -3.14. The van der Waals surface area contributed by atoms with Crippen molar-refractivity contribution in [3.8, 4) is 11.5 Å². The number of amides is 2. The molecule has 2 aromatic carbocycles. The number of benzene rings is 2. The number of carbonyl (C=O) groups excluding carboxylic acids is 2. The summed E-state index contributed by atoms with van der Waals surface area (Å²) in [7, 11) is 5.01. The highest BCUT2D eigenvalue weighted by atomic mass is 16.5. The summed E-state index contributed by atoms with van der Waals surface area (Å²) < 4.78 is 16.4. The van der Waals surface area contributed by atoms with Crippen molar-refractivity contribution in [3.05, 3.63) is 59.7 Å². The average Bonchev–Trinajstić information content (AvgIpc) is 3.40. The van der Waals surface area contributed by atoms with Gasteiger partial charge >= 0.3 is 0 Å². The topological polar surface area (TPSA) is 101 Å². The number of methoxy groups -OCH3 is 2. The molecule has 220 valence electrons. The smallest absolute Gasteiger partial charge is 0.254 e. The second kappa shape index (κ2) is 15.6. The van der Waals surface area contributed by atoms with Gasteiger partial charge in [0.05, 0.1) is 26.2 Å². The lowest BCUT2D eigenvalue weighted by Gasteiger charge is -2.33. The Morgan fingerprint density at radius 2 is 1.70 bits per heavy atom. The average molecular weight is 556 g/mol. The lowest BCUT2D eigenvalue weighted by Crippen LogP contribution is -2.44. The summed E-state index contributed by atoms with van der Waals surface area (Å²) >= 11 is 0. The Kier molecular flexibility index (Phi) is 12.2. The molecule has 0 unspecified atom stereocenters. The molecule has 1 heterocycles. The first-order valence-electron chi connectivity index (χ1n) is 14.0. The fraction of sp³-hybridized carbons (Fsp3) is 0.548. The van der Waals surface area contributed by atoms with Crippen LogP contribution >= 0.6 is 0 Å². The molecule has 2 amide bonds. The first-order chi connectivity index (χ1) is 19.2. The van der Waals surface area contributed by atoms with Crippen molar-refractivity contribution in [2.24, 2.45) is 11.8 Å². The molecule has 1 saturated heterocycles. The Balaban J connectivity index is 1.64. The first kappa shape index (κ1) is 31.4. The zero-order chi connectivity index (χ0) is 29.1. The van der Waals surface area contributed by atoms with Gasteiger partial charge in [0.25, 0.3) is 5.91 Å². The van der Waals surface area contributed by atoms with Gasteiger partial charge in [-0.2, -0.15) is 0 Å². The first-order valence-corrected chi connectivity index (χ1v) is 14.0. The summed E-state index contributed by atoms with van der Waals surface area (Å²) in [6.07, 6.45) is -0.0650. The van der Waals surface area contributed by atoms with Gasteiger partial charge in [0.15, 0.2) is 11.5 Å². The molecule has 9 heteroatoms. The molecule has 1 fully saturated rings. The number of rotatable bonds is 15. The van der Waals surface area contributed by atoms with Crippen LogP contribution in [-0.4, -0.2) is 93.4 Å². The van der Waals surface area contributed by atoms with Crippen molar-refractivity contribution in [2.75, 3.05) is 60.7 Å². The molecule has 0 aliphatic carbocycles. The molecule has 0 saturated carbocycles. The Morgan fingerprint density at radius 3 is 2.35 bits per heavy atom. The summed E-state index contributed by atoms with van der Waals surface area (Å²) in [4.78, 5) is 30.2. The number of ether oxygens (including phenoxy) is 3. The van der Waals surface area contributed by atoms with E-state index in [2.05, 4.69) is 5.32 Å².